The maximum absolute atomic E-state index is 12.6. The van der Waals surface area contributed by atoms with E-state index in [-0.39, 0.29) is 5.91 Å². The van der Waals surface area contributed by atoms with Gasteiger partial charge in [0.15, 0.2) is 0 Å². The van der Waals surface area contributed by atoms with Gasteiger partial charge in [-0.1, -0.05) is 54.1 Å². The first-order valence-electron chi connectivity index (χ1n) is 8.25. The molecule has 0 bridgehead atoms. The van der Waals surface area contributed by atoms with Crippen LogP contribution in [0.5, 0.6) is 0 Å². The van der Waals surface area contributed by atoms with Gasteiger partial charge in [-0.25, -0.2) is 0 Å². The molecule has 0 atom stereocenters. The quantitative estimate of drug-likeness (QED) is 0.526. The standard InChI is InChI=1S/C19H18ClN3OS2/c1-2-11-25-16-6-4-3-5-15(16)18(24)21-19-23-22-17(26-19)12-13-7-9-14(20)10-8-13/h3-10H,2,11-12H2,1H3,(H,21,23,24). The average Bonchev–Trinajstić information content (AvgIpc) is 3.09. The fourth-order valence-electron chi connectivity index (χ4n) is 2.31. The summed E-state index contributed by atoms with van der Waals surface area (Å²) in [6.45, 7) is 2.12. The summed E-state index contributed by atoms with van der Waals surface area (Å²) in [6, 6.07) is 15.3. The Morgan fingerprint density at radius 3 is 2.69 bits per heavy atom. The number of hydrogen-bond donors (Lipinski definition) is 1. The summed E-state index contributed by atoms with van der Waals surface area (Å²) in [5, 5.41) is 13.2. The van der Waals surface area contributed by atoms with Crippen LogP contribution in [0.4, 0.5) is 5.13 Å². The Morgan fingerprint density at radius 2 is 1.92 bits per heavy atom. The lowest BCUT2D eigenvalue weighted by Gasteiger charge is -2.07. The molecule has 3 aromatic rings. The van der Waals surface area contributed by atoms with E-state index in [0.29, 0.717) is 22.1 Å². The van der Waals surface area contributed by atoms with Crippen LogP contribution in [0.1, 0.15) is 34.3 Å². The van der Waals surface area contributed by atoms with Crippen LogP contribution >= 0.6 is 34.7 Å². The van der Waals surface area contributed by atoms with Gasteiger partial charge in [-0.15, -0.1) is 22.0 Å². The average molecular weight is 404 g/mol. The molecule has 1 amide bonds. The van der Waals surface area contributed by atoms with E-state index in [1.54, 1.807) is 11.8 Å². The van der Waals surface area contributed by atoms with Crippen molar-refractivity contribution < 1.29 is 4.79 Å². The van der Waals surface area contributed by atoms with Gasteiger partial charge >= 0.3 is 0 Å². The smallest absolute Gasteiger partial charge is 0.258 e. The van der Waals surface area contributed by atoms with Gasteiger partial charge in [-0.05, 0) is 42.0 Å². The van der Waals surface area contributed by atoms with E-state index >= 15 is 0 Å². The molecule has 0 aliphatic rings. The van der Waals surface area contributed by atoms with Gasteiger partial charge in [0.2, 0.25) is 5.13 Å². The second-order valence-electron chi connectivity index (χ2n) is 5.60. The first-order chi connectivity index (χ1) is 12.7. The predicted molar refractivity (Wildman–Crippen MR) is 110 cm³/mol. The highest BCUT2D eigenvalue weighted by molar-refractivity contribution is 7.99. The Kier molecular flexibility index (Phi) is 6.66. The SMILES string of the molecule is CCCSc1ccccc1C(=O)Nc1nnc(Cc2ccc(Cl)cc2)s1. The normalized spacial score (nSPS) is 10.7. The van der Waals surface area contributed by atoms with Crippen molar-refractivity contribution in [2.45, 2.75) is 24.7 Å². The van der Waals surface area contributed by atoms with Crippen LogP contribution in [0.2, 0.25) is 5.02 Å². The zero-order chi connectivity index (χ0) is 18.4. The van der Waals surface area contributed by atoms with Crippen molar-refractivity contribution >= 4 is 45.7 Å². The number of benzene rings is 2. The number of hydrogen-bond acceptors (Lipinski definition) is 5. The predicted octanol–water partition coefficient (Wildman–Crippen LogP) is 5.54. The van der Waals surface area contributed by atoms with Crippen molar-refractivity contribution in [2.24, 2.45) is 0 Å². The molecule has 1 heterocycles. The third-order valence-electron chi connectivity index (χ3n) is 3.55. The van der Waals surface area contributed by atoms with Gasteiger partial charge in [0.05, 0.1) is 5.56 Å². The largest absolute Gasteiger partial charge is 0.296 e. The molecule has 0 fully saturated rings. The van der Waals surface area contributed by atoms with Crippen molar-refractivity contribution in [1.29, 1.82) is 0 Å². The number of rotatable bonds is 7. The molecule has 4 nitrogen and oxygen atoms in total. The third-order valence-corrected chi connectivity index (χ3v) is 5.92. The van der Waals surface area contributed by atoms with Gasteiger partial charge in [0, 0.05) is 16.3 Å². The summed E-state index contributed by atoms with van der Waals surface area (Å²) in [5.74, 6) is 0.826. The van der Waals surface area contributed by atoms with Crippen molar-refractivity contribution in [3.63, 3.8) is 0 Å². The van der Waals surface area contributed by atoms with E-state index in [0.717, 1.165) is 27.6 Å². The number of nitrogens with one attached hydrogen (secondary N) is 1. The minimum atomic E-state index is -0.154. The van der Waals surface area contributed by atoms with E-state index < -0.39 is 0 Å². The summed E-state index contributed by atoms with van der Waals surface area (Å²) in [7, 11) is 0. The molecule has 134 valence electrons. The number of carbonyl (C=O) groups is 1. The minimum Gasteiger partial charge on any atom is -0.296 e. The molecule has 0 unspecified atom stereocenters. The Bertz CT molecular complexity index is 881. The van der Waals surface area contributed by atoms with Crippen LogP contribution in [0.3, 0.4) is 0 Å². The summed E-state index contributed by atoms with van der Waals surface area (Å²) in [4.78, 5) is 13.6. The number of nitrogens with zero attached hydrogens (tertiary/aromatic N) is 2. The van der Waals surface area contributed by atoms with Crippen molar-refractivity contribution in [3.8, 4) is 0 Å². The molecule has 0 aliphatic carbocycles. The molecule has 2 aromatic carbocycles. The molecular weight excluding hydrogens is 386 g/mol. The zero-order valence-electron chi connectivity index (χ0n) is 14.2. The van der Waals surface area contributed by atoms with Gasteiger partial charge in [-0.3, -0.25) is 10.1 Å². The molecule has 0 aliphatic heterocycles. The maximum atomic E-state index is 12.6. The number of amides is 1. The summed E-state index contributed by atoms with van der Waals surface area (Å²) < 4.78 is 0. The first-order valence-corrected chi connectivity index (χ1v) is 10.4. The highest BCUT2D eigenvalue weighted by Gasteiger charge is 2.14. The second-order valence-corrected chi connectivity index (χ2v) is 8.24. The summed E-state index contributed by atoms with van der Waals surface area (Å²) >= 11 is 8.98. The Balaban J connectivity index is 1.67. The van der Waals surface area contributed by atoms with E-state index in [1.165, 1.54) is 11.3 Å². The molecule has 0 saturated carbocycles. The van der Waals surface area contributed by atoms with E-state index in [1.807, 2.05) is 48.5 Å². The van der Waals surface area contributed by atoms with Gasteiger partial charge < -0.3 is 0 Å². The topological polar surface area (TPSA) is 54.9 Å². The van der Waals surface area contributed by atoms with Gasteiger partial charge in [-0.2, -0.15) is 0 Å². The Labute approximate surface area is 166 Å². The molecule has 0 radical (unpaired) electrons. The molecule has 26 heavy (non-hydrogen) atoms. The molecule has 1 aromatic heterocycles. The fraction of sp³-hybridized carbons (Fsp3) is 0.211. The molecular formula is C19H18ClN3OS2. The molecule has 0 saturated heterocycles. The number of thioether (sulfide) groups is 1. The monoisotopic (exact) mass is 403 g/mol. The lowest BCUT2D eigenvalue weighted by Crippen LogP contribution is -2.12. The Hall–Kier alpha value is -1.89. The molecule has 3 rings (SSSR count). The number of halogens is 1. The number of anilines is 1. The maximum Gasteiger partial charge on any atom is 0.258 e. The minimum absolute atomic E-state index is 0.154. The Morgan fingerprint density at radius 1 is 1.15 bits per heavy atom. The zero-order valence-corrected chi connectivity index (χ0v) is 16.6. The van der Waals surface area contributed by atoms with E-state index in [2.05, 4.69) is 22.4 Å². The van der Waals surface area contributed by atoms with Gasteiger partial charge in [0.1, 0.15) is 5.01 Å². The molecule has 0 spiro atoms. The second kappa shape index (κ2) is 9.16. The number of aromatic nitrogens is 2. The van der Waals surface area contributed by atoms with Crippen LogP contribution in [-0.4, -0.2) is 21.9 Å². The highest BCUT2D eigenvalue weighted by atomic mass is 35.5. The summed E-state index contributed by atoms with van der Waals surface area (Å²) in [5.41, 5.74) is 1.77. The first kappa shape index (κ1) is 18.9. The van der Waals surface area contributed by atoms with E-state index in [9.17, 15) is 4.79 Å². The lowest BCUT2D eigenvalue weighted by molar-refractivity contribution is 0.102. The molecule has 1 N–H and O–H groups in total. The van der Waals surface area contributed by atoms with Crippen molar-refractivity contribution in [2.75, 3.05) is 11.1 Å². The lowest BCUT2D eigenvalue weighted by atomic mass is 10.2. The summed E-state index contributed by atoms with van der Waals surface area (Å²) in [6.07, 6.45) is 1.72. The van der Waals surface area contributed by atoms with Crippen LogP contribution in [0.15, 0.2) is 53.4 Å². The third kappa shape index (κ3) is 5.06. The van der Waals surface area contributed by atoms with Crippen LogP contribution < -0.4 is 5.32 Å². The van der Waals surface area contributed by atoms with E-state index in [4.69, 9.17) is 11.6 Å². The van der Waals surface area contributed by atoms with Crippen LogP contribution in [0, 0.1) is 0 Å². The van der Waals surface area contributed by atoms with Crippen molar-refractivity contribution in [1.82, 2.24) is 10.2 Å². The number of carbonyl (C=O) groups excluding carboxylic acids is 1. The van der Waals surface area contributed by atoms with Crippen LogP contribution in [0.25, 0.3) is 0 Å². The van der Waals surface area contributed by atoms with Gasteiger partial charge in [0.25, 0.3) is 5.91 Å². The van der Waals surface area contributed by atoms with Crippen molar-refractivity contribution in [3.05, 3.63) is 69.7 Å². The molecule has 7 heteroatoms. The van der Waals surface area contributed by atoms with Crippen LogP contribution in [-0.2, 0) is 6.42 Å². The fourth-order valence-corrected chi connectivity index (χ4v) is 4.12. The highest BCUT2D eigenvalue weighted by Crippen LogP contribution is 2.25.